The molecule has 0 atom stereocenters. The maximum Gasteiger partial charge on any atom is 0.227 e. The normalized spacial score (nSPS) is 20.1. The minimum absolute atomic E-state index is 0.215. The fourth-order valence-corrected chi connectivity index (χ4v) is 4.72. The predicted molar refractivity (Wildman–Crippen MR) is 99.8 cm³/mol. The fraction of sp³-hybridized carbons (Fsp3) is 0.632. The number of benzene rings is 1. The molecule has 3 rings (SSSR count). The number of amides is 1. The van der Waals surface area contributed by atoms with Gasteiger partial charge in [-0.05, 0) is 43.3 Å². The molecule has 2 saturated heterocycles. The SMILES string of the molecule is COc1ccccc1CC(=O)N1CCC(NC2CCSCC2)CC1. The highest BCUT2D eigenvalue weighted by atomic mass is 32.2. The second-order valence-electron chi connectivity index (χ2n) is 6.70. The van der Waals surface area contributed by atoms with Crippen molar-refractivity contribution in [1.29, 1.82) is 0 Å². The van der Waals surface area contributed by atoms with E-state index < -0.39 is 0 Å². The van der Waals surface area contributed by atoms with Crippen LogP contribution in [0.25, 0.3) is 0 Å². The zero-order valence-corrected chi connectivity index (χ0v) is 15.3. The minimum Gasteiger partial charge on any atom is -0.496 e. The maximum absolute atomic E-state index is 12.6. The molecule has 1 amide bonds. The zero-order valence-electron chi connectivity index (χ0n) is 14.5. The molecule has 2 aliphatic rings. The van der Waals surface area contributed by atoms with Crippen LogP contribution < -0.4 is 10.1 Å². The number of piperidine rings is 1. The van der Waals surface area contributed by atoms with Gasteiger partial charge in [-0.3, -0.25) is 4.79 Å². The van der Waals surface area contributed by atoms with Crippen molar-refractivity contribution >= 4 is 17.7 Å². The lowest BCUT2D eigenvalue weighted by Crippen LogP contribution is -2.48. The van der Waals surface area contributed by atoms with Gasteiger partial charge in [-0.2, -0.15) is 11.8 Å². The van der Waals surface area contributed by atoms with Crippen LogP contribution in [0, 0.1) is 0 Å². The van der Waals surface area contributed by atoms with Crippen molar-refractivity contribution in [3.63, 3.8) is 0 Å². The van der Waals surface area contributed by atoms with Crippen LogP contribution in [0.15, 0.2) is 24.3 Å². The average Bonchev–Trinajstić information content (AvgIpc) is 2.63. The molecule has 2 fully saturated rings. The third kappa shape index (κ3) is 4.67. The van der Waals surface area contributed by atoms with Gasteiger partial charge in [0.25, 0.3) is 0 Å². The summed E-state index contributed by atoms with van der Waals surface area (Å²) in [6.07, 6.45) is 5.15. The molecule has 24 heavy (non-hydrogen) atoms. The number of thioether (sulfide) groups is 1. The lowest BCUT2D eigenvalue weighted by molar-refractivity contribution is -0.131. The van der Waals surface area contributed by atoms with Crippen molar-refractivity contribution in [3.8, 4) is 5.75 Å². The molecule has 1 aromatic carbocycles. The first-order valence-electron chi connectivity index (χ1n) is 8.99. The molecule has 2 heterocycles. The molecule has 1 N–H and O–H groups in total. The first-order valence-corrected chi connectivity index (χ1v) is 10.1. The van der Waals surface area contributed by atoms with Crippen molar-refractivity contribution in [2.24, 2.45) is 0 Å². The number of para-hydroxylation sites is 1. The van der Waals surface area contributed by atoms with Crippen LogP contribution in [0.4, 0.5) is 0 Å². The first-order chi connectivity index (χ1) is 11.8. The first kappa shape index (κ1) is 17.6. The van der Waals surface area contributed by atoms with Gasteiger partial charge in [-0.25, -0.2) is 0 Å². The van der Waals surface area contributed by atoms with Gasteiger partial charge in [-0.15, -0.1) is 0 Å². The van der Waals surface area contributed by atoms with Crippen LogP contribution in [0.1, 0.15) is 31.2 Å². The molecule has 132 valence electrons. The minimum atomic E-state index is 0.215. The number of nitrogens with one attached hydrogen (secondary N) is 1. The number of hydrogen-bond acceptors (Lipinski definition) is 4. The Bertz CT molecular complexity index is 538. The fourth-order valence-electron chi connectivity index (χ4n) is 3.62. The summed E-state index contributed by atoms with van der Waals surface area (Å²) in [4.78, 5) is 14.6. The Morgan fingerprint density at radius 1 is 1.17 bits per heavy atom. The molecule has 4 nitrogen and oxygen atoms in total. The van der Waals surface area contributed by atoms with E-state index in [4.69, 9.17) is 4.74 Å². The van der Waals surface area contributed by atoms with E-state index in [-0.39, 0.29) is 5.91 Å². The van der Waals surface area contributed by atoms with E-state index in [1.807, 2.05) is 29.2 Å². The summed E-state index contributed by atoms with van der Waals surface area (Å²) in [5, 5.41) is 3.81. The Kier molecular flexibility index (Phi) is 6.44. The van der Waals surface area contributed by atoms with Gasteiger partial charge in [0.15, 0.2) is 0 Å². The number of rotatable bonds is 5. The van der Waals surface area contributed by atoms with Crippen LogP contribution in [0.2, 0.25) is 0 Å². The third-order valence-corrected chi connectivity index (χ3v) is 6.12. The van der Waals surface area contributed by atoms with Crippen LogP contribution >= 0.6 is 11.8 Å². The van der Waals surface area contributed by atoms with E-state index in [0.717, 1.165) is 37.2 Å². The number of hydrogen-bond donors (Lipinski definition) is 1. The molecule has 0 aliphatic carbocycles. The van der Waals surface area contributed by atoms with Crippen molar-refractivity contribution in [2.75, 3.05) is 31.7 Å². The summed E-state index contributed by atoms with van der Waals surface area (Å²) in [5.74, 6) is 3.59. The summed E-state index contributed by atoms with van der Waals surface area (Å²) in [6, 6.07) is 9.06. The van der Waals surface area contributed by atoms with Crippen molar-refractivity contribution in [2.45, 2.75) is 44.2 Å². The Hall–Kier alpha value is -1.20. The van der Waals surface area contributed by atoms with Gasteiger partial charge in [0.1, 0.15) is 5.75 Å². The number of likely N-dealkylation sites (tertiary alicyclic amines) is 1. The van der Waals surface area contributed by atoms with E-state index >= 15 is 0 Å². The number of nitrogens with zero attached hydrogens (tertiary/aromatic N) is 1. The van der Waals surface area contributed by atoms with E-state index in [2.05, 4.69) is 17.1 Å². The van der Waals surface area contributed by atoms with E-state index in [0.29, 0.717) is 18.5 Å². The summed E-state index contributed by atoms with van der Waals surface area (Å²) < 4.78 is 5.35. The van der Waals surface area contributed by atoms with E-state index in [1.165, 1.54) is 24.3 Å². The smallest absolute Gasteiger partial charge is 0.227 e. The predicted octanol–water partition coefficient (Wildman–Crippen LogP) is 2.71. The van der Waals surface area contributed by atoms with Gasteiger partial charge >= 0.3 is 0 Å². The average molecular weight is 349 g/mol. The quantitative estimate of drug-likeness (QED) is 0.888. The number of ether oxygens (including phenoxy) is 1. The summed E-state index contributed by atoms with van der Waals surface area (Å²) in [5.41, 5.74) is 0.977. The zero-order chi connectivity index (χ0) is 16.8. The Morgan fingerprint density at radius 3 is 2.54 bits per heavy atom. The Morgan fingerprint density at radius 2 is 1.83 bits per heavy atom. The monoisotopic (exact) mass is 348 g/mol. The van der Waals surface area contributed by atoms with E-state index in [9.17, 15) is 4.79 Å². The Balaban J connectivity index is 1.46. The van der Waals surface area contributed by atoms with Gasteiger partial charge in [0, 0.05) is 30.7 Å². The molecule has 0 unspecified atom stereocenters. The standard InChI is InChI=1S/C19H28N2O2S/c1-23-18-5-3-2-4-15(18)14-19(22)21-10-6-16(7-11-21)20-17-8-12-24-13-9-17/h2-5,16-17,20H,6-14H2,1H3. The molecule has 5 heteroatoms. The van der Waals surface area contributed by atoms with Crippen molar-refractivity contribution < 1.29 is 9.53 Å². The summed E-state index contributed by atoms with van der Waals surface area (Å²) in [7, 11) is 1.66. The highest BCUT2D eigenvalue weighted by molar-refractivity contribution is 7.99. The lowest BCUT2D eigenvalue weighted by Gasteiger charge is -2.35. The number of carbonyl (C=O) groups excluding carboxylic acids is 1. The lowest BCUT2D eigenvalue weighted by atomic mass is 10.0. The Labute approximate surface area is 149 Å². The van der Waals surface area contributed by atoms with Crippen molar-refractivity contribution in [1.82, 2.24) is 10.2 Å². The second kappa shape index (κ2) is 8.77. The van der Waals surface area contributed by atoms with Crippen molar-refractivity contribution in [3.05, 3.63) is 29.8 Å². The largest absolute Gasteiger partial charge is 0.496 e. The van der Waals surface area contributed by atoms with Gasteiger partial charge in [0.05, 0.1) is 13.5 Å². The number of methoxy groups -OCH3 is 1. The molecule has 1 aromatic rings. The highest BCUT2D eigenvalue weighted by Gasteiger charge is 2.25. The van der Waals surface area contributed by atoms with Crippen LogP contribution in [-0.2, 0) is 11.2 Å². The molecule has 0 spiro atoms. The molecule has 0 saturated carbocycles. The third-order valence-electron chi connectivity index (χ3n) is 5.07. The summed E-state index contributed by atoms with van der Waals surface area (Å²) in [6.45, 7) is 1.74. The van der Waals surface area contributed by atoms with Gasteiger partial charge in [-0.1, -0.05) is 18.2 Å². The molecule has 0 radical (unpaired) electrons. The topological polar surface area (TPSA) is 41.6 Å². The van der Waals surface area contributed by atoms with Crippen LogP contribution in [-0.4, -0.2) is 54.6 Å². The second-order valence-corrected chi connectivity index (χ2v) is 7.92. The maximum atomic E-state index is 12.6. The molecular formula is C19H28N2O2S. The van der Waals surface area contributed by atoms with Gasteiger partial charge in [0.2, 0.25) is 5.91 Å². The number of carbonyl (C=O) groups is 1. The van der Waals surface area contributed by atoms with E-state index in [1.54, 1.807) is 7.11 Å². The highest BCUT2D eigenvalue weighted by Crippen LogP contribution is 2.21. The van der Waals surface area contributed by atoms with Crippen LogP contribution in [0.5, 0.6) is 5.75 Å². The molecular weight excluding hydrogens is 320 g/mol. The van der Waals surface area contributed by atoms with Crippen LogP contribution in [0.3, 0.4) is 0 Å². The molecule has 0 bridgehead atoms. The van der Waals surface area contributed by atoms with Gasteiger partial charge < -0.3 is 15.0 Å². The summed E-state index contributed by atoms with van der Waals surface area (Å²) >= 11 is 2.07. The molecule has 2 aliphatic heterocycles. The molecule has 0 aromatic heterocycles.